The molecule has 16 heavy (non-hydrogen) atoms. The predicted octanol–water partition coefficient (Wildman–Crippen LogP) is 2.04. The minimum absolute atomic E-state index is 0.0747. The maximum Gasteiger partial charge on any atom is 0.246 e. The van der Waals surface area contributed by atoms with Gasteiger partial charge in [0.1, 0.15) is 6.61 Å². The smallest absolute Gasteiger partial charge is 0.246 e. The Hall–Kier alpha value is -1.35. The third-order valence-corrected chi connectivity index (χ3v) is 2.16. The van der Waals surface area contributed by atoms with Crippen molar-refractivity contribution in [2.45, 2.75) is 33.4 Å². The van der Waals surface area contributed by atoms with Crippen molar-refractivity contribution in [2.24, 2.45) is 0 Å². The van der Waals surface area contributed by atoms with Gasteiger partial charge in [-0.05, 0) is 26.3 Å². The van der Waals surface area contributed by atoms with Crippen LogP contribution in [0.15, 0.2) is 24.3 Å². The number of nitrogens with one attached hydrogen (secondary N) is 1. The Bertz CT molecular complexity index is 330. The second kappa shape index (κ2) is 6.28. The van der Waals surface area contributed by atoms with Crippen LogP contribution in [0.2, 0.25) is 0 Å². The quantitative estimate of drug-likeness (QED) is 0.826. The summed E-state index contributed by atoms with van der Waals surface area (Å²) in [6, 6.07) is 8.09. The topological polar surface area (TPSA) is 38.3 Å². The van der Waals surface area contributed by atoms with Crippen molar-refractivity contribution >= 4 is 5.91 Å². The van der Waals surface area contributed by atoms with E-state index in [2.05, 4.69) is 5.32 Å². The number of hydrogen-bond acceptors (Lipinski definition) is 2. The summed E-state index contributed by atoms with van der Waals surface area (Å²) in [5, 5.41) is 2.81. The standard InChI is InChI=1S/C13H19NO2/c1-10(2)16-9-13(15)14-8-12-6-4-11(3)5-7-12/h4-7,10H,8-9H2,1-3H3,(H,14,15). The molecular weight excluding hydrogens is 202 g/mol. The molecule has 0 unspecified atom stereocenters. The fourth-order valence-corrected chi connectivity index (χ4v) is 1.20. The second-order valence-electron chi connectivity index (χ2n) is 4.12. The Morgan fingerprint density at radius 2 is 1.94 bits per heavy atom. The molecule has 1 amide bonds. The molecule has 1 rings (SSSR count). The van der Waals surface area contributed by atoms with Gasteiger partial charge in [-0.25, -0.2) is 0 Å². The minimum atomic E-state index is -0.0747. The van der Waals surface area contributed by atoms with Gasteiger partial charge in [-0.1, -0.05) is 29.8 Å². The van der Waals surface area contributed by atoms with Crippen LogP contribution in [0.25, 0.3) is 0 Å². The van der Waals surface area contributed by atoms with Crippen LogP contribution < -0.4 is 5.32 Å². The lowest BCUT2D eigenvalue weighted by atomic mass is 10.1. The van der Waals surface area contributed by atoms with Crippen LogP contribution in [0.3, 0.4) is 0 Å². The summed E-state index contributed by atoms with van der Waals surface area (Å²) >= 11 is 0. The van der Waals surface area contributed by atoms with Crippen molar-refractivity contribution in [3.8, 4) is 0 Å². The number of amides is 1. The van der Waals surface area contributed by atoms with Gasteiger partial charge in [-0.15, -0.1) is 0 Å². The lowest BCUT2D eigenvalue weighted by Gasteiger charge is -2.08. The molecule has 1 aromatic carbocycles. The molecule has 0 fully saturated rings. The molecule has 0 radical (unpaired) electrons. The summed E-state index contributed by atoms with van der Waals surface area (Å²) in [5.41, 5.74) is 2.32. The molecule has 0 aliphatic carbocycles. The zero-order valence-electron chi connectivity index (χ0n) is 10.1. The van der Waals surface area contributed by atoms with Crippen LogP contribution in [-0.2, 0) is 16.1 Å². The van der Waals surface area contributed by atoms with E-state index >= 15 is 0 Å². The van der Waals surface area contributed by atoms with Crippen LogP contribution in [-0.4, -0.2) is 18.6 Å². The maximum absolute atomic E-state index is 11.4. The van der Waals surface area contributed by atoms with Crippen LogP contribution in [0.1, 0.15) is 25.0 Å². The van der Waals surface area contributed by atoms with E-state index in [0.29, 0.717) is 6.54 Å². The van der Waals surface area contributed by atoms with Gasteiger partial charge >= 0.3 is 0 Å². The van der Waals surface area contributed by atoms with E-state index in [0.717, 1.165) is 5.56 Å². The first-order valence-electron chi connectivity index (χ1n) is 5.52. The Morgan fingerprint density at radius 3 is 2.50 bits per heavy atom. The average molecular weight is 221 g/mol. The number of rotatable bonds is 5. The highest BCUT2D eigenvalue weighted by Crippen LogP contribution is 2.02. The molecule has 0 saturated heterocycles. The van der Waals surface area contributed by atoms with Crippen molar-refractivity contribution in [1.29, 1.82) is 0 Å². The van der Waals surface area contributed by atoms with Crippen molar-refractivity contribution in [3.63, 3.8) is 0 Å². The van der Waals surface area contributed by atoms with E-state index in [4.69, 9.17) is 4.74 Å². The molecule has 0 heterocycles. The monoisotopic (exact) mass is 221 g/mol. The first-order valence-corrected chi connectivity index (χ1v) is 5.52. The Morgan fingerprint density at radius 1 is 1.31 bits per heavy atom. The van der Waals surface area contributed by atoms with Gasteiger partial charge in [-0.3, -0.25) is 4.79 Å². The molecule has 0 saturated carbocycles. The first-order chi connectivity index (χ1) is 7.58. The molecular formula is C13H19NO2. The molecule has 0 atom stereocenters. The summed E-state index contributed by atoms with van der Waals surface area (Å²) in [7, 11) is 0. The zero-order valence-corrected chi connectivity index (χ0v) is 10.1. The lowest BCUT2D eigenvalue weighted by Crippen LogP contribution is -2.28. The van der Waals surface area contributed by atoms with Gasteiger partial charge in [-0.2, -0.15) is 0 Å². The Kier molecular flexibility index (Phi) is 4.99. The van der Waals surface area contributed by atoms with E-state index < -0.39 is 0 Å². The SMILES string of the molecule is Cc1ccc(CNC(=O)COC(C)C)cc1. The van der Waals surface area contributed by atoms with E-state index in [9.17, 15) is 4.79 Å². The van der Waals surface area contributed by atoms with Crippen molar-refractivity contribution in [1.82, 2.24) is 5.32 Å². The largest absolute Gasteiger partial charge is 0.369 e. The fraction of sp³-hybridized carbons (Fsp3) is 0.462. The molecule has 0 bridgehead atoms. The summed E-state index contributed by atoms with van der Waals surface area (Å²) in [6.07, 6.45) is 0.0881. The summed E-state index contributed by atoms with van der Waals surface area (Å²) in [4.78, 5) is 11.4. The summed E-state index contributed by atoms with van der Waals surface area (Å²) in [6.45, 7) is 6.55. The zero-order chi connectivity index (χ0) is 12.0. The number of ether oxygens (including phenoxy) is 1. The predicted molar refractivity (Wildman–Crippen MR) is 64.1 cm³/mol. The molecule has 88 valence electrons. The highest BCUT2D eigenvalue weighted by molar-refractivity contribution is 5.77. The normalized spacial score (nSPS) is 10.5. The van der Waals surface area contributed by atoms with E-state index in [1.807, 2.05) is 45.0 Å². The molecule has 1 aromatic rings. The van der Waals surface area contributed by atoms with E-state index in [1.165, 1.54) is 5.56 Å². The molecule has 0 aliphatic heterocycles. The highest BCUT2D eigenvalue weighted by atomic mass is 16.5. The fourth-order valence-electron chi connectivity index (χ4n) is 1.20. The first kappa shape index (κ1) is 12.7. The van der Waals surface area contributed by atoms with Crippen molar-refractivity contribution in [2.75, 3.05) is 6.61 Å². The Labute approximate surface area is 96.8 Å². The summed E-state index contributed by atoms with van der Waals surface area (Å²) < 4.78 is 5.20. The molecule has 0 aromatic heterocycles. The van der Waals surface area contributed by atoms with Gasteiger partial charge in [0.2, 0.25) is 5.91 Å². The lowest BCUT2D eigenvalue weighted by molar-refractivity contribution is -0.127. The van der Waals surface area contributed by atoms with Gasteiger partial charge < -0.3 is 10.1 Å². The number of carbonyl (C=O) groups excluding carboxylic acids is 1. The third kappa shape index (κ3) is 4.94. The van der Waals surface area contributed by atoms with Gasteiger partial charge in [0.15, 0.2) is 0 Å². The molecule has 3 heteroatoms. The van der Waals surface area contributed by atoms with E-state index in [1.54, 1.807) is 0 Å². The van der Waals surface area contributed by atoms with Crippen molar-refractivity contribution in [3.05, 3.63) is 35.4 Å². The Balaban J connectivity index is 2.29. The van der Waals surface area contributed by atoms with Gasteiger partial charge in [0.05, 0.1) is 6.10 Å². The number of carbonyl (C=O) groups is 1. The minimum Gasteiger partial charge on any atom is -0.369 e. The summed E-state index contributed by atoms with van der Waals surface area (Å²) in [5.74, 6) is -0.0747. The third-order valence-electron chi connectivity index (χ3n) is 2.16. The molecule has 1 N–H and O–H groups in total. The number of benzene rings is 1. The maximum atomic E-state index is 11.4. The van der Waals surface area contributed by atoms with Crippen molar-refractivity contribution < 1.29 is 9.53 Å². The highest BCUT2D eigenvalue weighted by Gasteiger charge is 2.02. The second-order valence-corrected chi connectivity index (χ2v) is 4.12. The molecule has 3 nitrogen and oxygen atoms in total. The van der Waals surface area contributed by atoms with Crippen LogP contribution in [0.4, 0.5) is 0 Å². The number of hydrogen-bond donors (Lipinski definition) is 1. The molecule has 0 spiro atoms. The average Bonchev–Trinajstić information content (AvgIpc) is 2.25. The van der Waals surface area contributed by atoms with Crippen LogP contribution in [0, 0.1) is 6.92 Å². The number of aryl methyl sites for hydroxylation is 1. The van der Waals surface area contributed by atoms with Crippen LogP contribution >= 0.6 is 0 Å². The van der Waals surface area contributed by atoms with Crippen LogP contribution in [0.5, 0.6) is 0 Å². The van der Waals surface area contributed by atoms with Gasteiger partial charge in [0, 0.05) is 6.54 Å². The molecule has 0 aliphatic rings. The van der Waals surface area contributed by atoms with E-state index in [-0.39, 0.29) is 18.6 Å². The van der Waals surface area contributed by atoms with Gasteiger partial charge in [0.25, 0.3) is 0 Å².